The summed E-state index contributed by atoms with van der Waals surface area (Å²) >= 11 is 5.23. The van der Waals surface area contributed by atoms with Crippen LogP contribution in [0.15, 0.2) is 54.6 Å². The van der Waals surface area contributed by atoms with Gasteiger partial charge in [-0.1, -0.05) is 49.5 Å². The van der Waals surface area contributed by atoms with Crippen LogP contribution in [0, 0.1) is 0 Å². The third kappa shape index (κ3) is 6.65. The van der Waals surface area contributed by atoms with Crippen molar-refractivity contribution in [1.82, 2.24) is 4.90 Å². The molecule has 1 heterocycles. The van der Waals surface area contributed by atoms with Crippen molar-refractivity contribution in [3.8, 4) is 0 Å². The number of nitrogens with zero attached hydrogens (tertiary/aromatic N) is 2. The first-order valence-electron chi connectivity index (χ1n) is 10.6. The molecule has 0 aromatic heterocycles. The summed E-state index contributed by atoms with van der Waals surface area (Å²) in [5.74, 6) is 0.213. The number of anilines is 2. The molecule has 0 atom stereocenters. The molecule has 0 spiro atoms. The predicted octanol–water partition coefficient (Wildman–Crippen LogP) is 5.01. The van der Waals surface area contributed by atoms with Crippen molar-refractivity contribution in [2.45, 2.75) is 32.6 Å². The molecule has 29 heavy (non-hydrogen) atoms. The lowest BCUT2D eigenvalue weighted by atomic mass is 10.0. The Morgan fingerprint density at radius 2 is 1.76 bits per heavy atom. The molecule has 0 radical (unpaired) electrons. The zero-order valence-electron chi connectivity index (χ0n) is 17.3. The second-order valence-corrected chi connectivity index (χ2v) is 8.02. The van der Waals surface area contributed by atoms with Crippen molar-refractivity contribution < 1.29 is 4.79 Å². The first-order chi connectivity index (χ1) is 14.2. The summed E-state index contributed by atoms with van der Waals surface area (Å²) in [5, 5.41) is 3.18. The Bertz CT molecular complexity index is 801. The molecule has 1 N–H and O–H groups in total. The van der Waals surface area contributed by atoms with E-state index in [1.165, 1.54) is 5.69 Å². The number of hydrogen-bond donors (Lipinski definition) is 1. The molecule has 1 aliphatic heterocycles. The van der Waals surface area contributed by atoms with Gasteiger partial charge in [0.15, 0.2) is 5.78 Å². The summed E-state index contributed by atoms with van der Waals surface area (Å²) in [7, 11) is 0. The highest BCUT2D eigenvalue weighted by molar-refractivity contribution is 7.80. The van der Waals surface area contributed by atoms with Gasteiger partial charge in [0.05, 0.1) is 4.99 Å². The number of para-hydroxylation sites is 1. The van der Waals surface area contributed by atoms with Crippen LogP contribution in [0.4, 0.5) is 11.4 Å². The summed E-state index contributed by atoms with van der Waals surface area (Å²) in [6.07, 6.45) is 3.40. The Kier molecular flexibility index (Phi) is 8.20. The summed E-state index contributed by atoms with van der Waals surface area (Å²) in [6, 6.07) is 18.3. The fourth-order valence-electron chi connectivity index (χ4n) is 3.65. The molecule has 0 saturated carbocycles. The van der Waals surface area contributed by atoms with Gasteiger partial charge < -0.3 is 10.2 Å². The van der Waals surface area contributed by atoms with Crippen LogP contribution >= 0.6 is 12.2 Å². The maximum absolute atomic E-state index is 12.5. The van der Waals surface area contributed by atoms with Crippen molar-refractivity contribution in [1.29, 1.82) is 0 Å². The highest BCUT2D eigenvalue weighted by Gasteiger charge is 2.16. The molecule has 4 nitrogen and oxygen atoms in total. The second-order valence-electron chi connectivity index (χ2n) is 7.53. The zero-order valence-corrected chi connectivity index (χ0v) is 18.1. The molecular weight excluding hydrogens is 378 g/mol. The van der Waals surface area contributed by atoms with Gasteiger partial charge in [0.25, 0.3) is 0 Å². The maximum Gasteiger partial charge on any atom is 0.162 e. The number of unbranched alkanes of at least 4 members (excludes halogenated alkanes) is 1. The van der Waals surface area contributed by atoms with Gasteiger partial charge in [0.1, 0.15) is 0 Å². The van der Waals surface area contributed by atoms with Gasteiger partial charge in [-0.05, 0) is 50.1 Å². The van der Waals surface area contributed by atoms with Crippen molar-refractivity contribution in [2.75, 3.05) is 42.9 Å². The number of carbonyl (C=O) groups excluding carboxylic acids is 1. The van der Waals surface area contributed by atoms with E-state index in [1.807, 2.05) is 31.2 Å². The van der Waals surface area contributed by atoms with Crippen molar-refractivity contribution >= 4 is 34.4 Å². The third-order valence-electron chi connectivity index (χ3n) is 5.41. The maximum atomic E-state index is 12.5. The minimum atomic E-state index is 0.213. The quantitative estimate of drug-likeness (QED) is 0.358. The van der Waals surface area contributed by atoms with E-state index in [1.54, 1.807) is 0 Å². The molecule has 2 aromatic rings. The molecule has 5 heteroatoms. The number of nitrogens with one attached hydrogen (secondary N) is 1. The third-order valence-corrected chi connectivity index (χ3v) is 5.80. The van der Waals surface area contributed by atoms with Gasteiger partial charge in [0, 0.05) is 49.5 Å². The molecule has 3 rings (SSSR count). The SMILES string of the molecule is CCC(=S)Nc1cccc(C(=O)CCCCN2CCN(c3ccccc3)CC2)c1. The number of piperazine rings is 1. The fraction of sp³-hybridized carbons (Fsp3) is 0.417. The van der Waals surface area contributed by atoms with E-state index in [2.05, 4.69) is 45.4 Å². The lowest BCUT2D eigenvalue weighted by Gasteiger charge is -2.36. The van der Waals surface area contributed by atoms with Crippen molar-refractivity contribution in [2.24, 2.45) is 0 Å². The molecule has 0 unspecified atom stereocenters. The smallest absolute Gasteiger partial charge is 0.162 e. The van der Waals surface area contributed by atoms with Crippen LogP contribution in [0.3, 0.4) is 0 Å². The minimum absolute atomic E-state index is 0.213. The lowest BCUT2D eigenvalue weighted by Crippen LogP contribution is -2.46. The average Bonchev–Trinajstić information content (AvgIpc) is 2.77. The molecule has 1 fully saturated rings. The molecule has 0 amide bonds. The number of hydrogen-bond acceptors (Lipinski definition) is 4. The number of ketones is 1. The molecule has 1 saturated heterocycles. The predicted molar refractivity (Wildman–Crippen MR) is 126 cm³/mol. The highest BCUT2D eigenvalue weighted by Crippen LogP contribution is 2.17. The van der Waals surface area contributed by atoms with Gasteiger partial charge in [-0.3, -0.25) is 9.69 Å². The Balaban J connectivity index is 1.36. The molecular formula is C24H31N3OS. The standard InChI is InChI=1S/C24H31N3OS/c1-2-24(29)25-21-10-8-9-20(19-21)23(28)13-6-7-14-26-15-17-27(18-16-26)22-11-4-3-5-12-22/h3-5,8-12,19H,2,6-7,13-18H2,1H3,(H,25,29). The molecule has 0 bridgehead atoms. The number of rotatable bonds is 9. The Hall–Kier alpha value is -2.24. The monoisotopic (exact) mass is 409 g/mol. The minimum Gasteiger partial charge on any atom is -0.369 e. The van der Waals surface area contributed by atoms with E-state index >= 15 is 0 Å². The van der Waals surface area contributed by atoms with Crippen molar-refractivity contribution in [3.05, 3.63) is 60.2 Å². The first-order valence-corrected chi connectivity index (χ1v) is 11.0. The Morgan fingerprint density at radius 1 is 1.00 bits per heavy atom. The average molecular weight is 410 g/mol. The van der Waals surface area contributed by atoms with Gasteiger partial charge in [-0.15, -0.1) is 0 Å². The van der Waals surface area contributed by atoms with Crippen LogP contribution in [0.1, 0.15) is 43.0 Å². The van der Waals surface area contributed by atoms with Gasteiger partial charge in [0.2, 0.25) is 0 Å². The first kappa shape index (κ1) is 21.5. The van der Waals surface area contributed by atoms with Crippen LogP contribution < -0.4 is 10.2 Å². The molecule has 1 aliphatic rings. The Labute approximate surface area is 179 Å². The van der Waals surface area contributed by atoms with Crippen LogP contribution in [0.25, 0.3) is 0 Å². The lowest BCUT2D eigenvalue weighted by molar-refractivity contribution is 0.0977. The van der Waals surface area contributed by atoms with Crippen LogP contribution in [0.5, 0.6) is 0 Å². The van der Waals surface area contributed by atoms with E-state index in [0.29, 0.717) is 6.42 Å². The van der Waals surface area contributed by atoms with Crippen LogP contribution in [0.2, 0.25) is 0 Å². The molecule has 0 aliphatic carbocycles. The van der Waals surface area contributed by atoms with E-state index in [-0.39, 0.29) is 5.78 Å². The molecule has 154 valence electrons. The summed E-state index contributed by atoms with van der Waals surface area (Å²) in [5.41, 5.74) is 2.98. The van der Waals surface area contributed by atoms with Gasteiger partial charge in [-0.25, -0.2) is 0 Å². The van der Waals surface area contributed by atoms with E-state index < -0.39 is 0 Å². The summed E-state index contributed by atoms with van der Waals surface area (Å²) in [6.45, 7) is 7.42. The zero-order chi connectivity index (χ0) is 20.5. The summed E-state index contributed by atoms with van der Waals surface area (Å²) in [4.78, 5) is 18.3. The fourth-order valence-corrected chi connectivity index (χ4v) is 3.77. The van der Waals surface area contributed by atoms with E-state index in [0.717, 1.165) is 68.2 Å². The number of thiocarbonyl (C=S) groups is 1. The van der Waals surface area contributed by atoms with E-state index in [4.69, 9.17) is 12.2 Å². The summed E-state index contributed by atoms with van der Waals surface area (Å²) < 4.78 is 0. The highest BCUT2D eigenvalue weighted by atomic mass is 32.1. The van der Waals surface area contributed by atoms with Crippen LogP contribution in [-0.4, -0.2) is 48.4 Å². The van der Waals surface area contributed by atoms with Crippen molar-refractivity contribution in [3.63, 3.8) is 0 Å². The van der Waals surface area contributed by atoms with Crippen LogP contribution in [-0.2, 0) is 0 Å². The largest absolute Gasteiger partial charge is 0.369 e. The second kappa shape index (κ2) is 11.1. The van der Waals surface area contributed by atoms with Gasteiger partial charge in [-0.2, -0.15) is 0 Å². The number of benzene rings is 2. The number of Topliss-reactive ketones (excluding diaryl/α,β-unsaturated/α-hetero) is 1. The Morgan fingerprint density at radius 3 is 2.48 bits per heavy atom. The molecule has 2 aromatic carbocycles. The number of carbonyl (C=O) groups is 1. The normalized spacial score (nSPS) is 14.6. The van der Waals surface area contributed by atoms with Gasteiger partial charge >= 0.3 is 0 Å². The van der Waals surface area contributed by atoms with E-state index in [9.17, 15) is 4.79 Å². The topological polar surface area (TPSA) is 35.6 Å².